The number of nitrogens with zero attached hydrogens (tertiary/aromatic N) is 2. The van der Waals surface area contributed by atoms with E-state index in [1.807, 2.05) is 26.0 Å². The number of pyridine rings is 2. The Hall–Kier alpha value is -2.22. The molecule has 0 aliphatic carbocycles. The summed E-state index contributed by atoms with van der Waals surface area (Å²) >= 11 is 3.43. The molecular formula is C21H19BrN2O4. The minimum atomic E-state index is -0.868. The largest absolute Gasteiger partial charge is 0.507 e. The Labute approximate surface area is 169 Å². The third kappa shape index (κ3) is 2.33. The SMILES string of the molecule is CCC1(c2cc3n(c(=O)c2C)Cc2cc4c(Br)c(O)ccc4nc2-3)OCCO1. The zero-order chi connectivity index (χ0) is 19.6. The molecule has 1 aromatic carbocycles. The molecule has 1 N–H and O–H groups in total. The first-order chi connectivity index (χ1) is 13.4. The number of rotatable bonds is 2. The molecule has 3 aromatic rings. The molecule has 28 heavy (non-hydrogen) atoms. The van der Waals surface area contributed by atoms with Crippen LogP contribution in [-0.2, 0) is 21.8 Å². The molecule has 1 saturated heterocycles. The number of fused-ring (bicyclic) bond motifs is 4. The van der Waals surface area contributed by atoms with E-state index in [0.717, 1.165) is 33.4 Å². The van der Waals surface area contributed by atoms with Gasteiger partial charge in [-0.05, 0) is 47.1 Å². The van der Waals surface area contributed by atoms with Crippen LogP contribution in [0.2, 0.25) is 0 Å². The Morgan fingerprint density at radius 1 is 1.29 bits per heavy atom. The van der Waals surface area contributed by atoms with Crippen molar-refractivity contribution >= 4 is 26.8 Å². The van der Waals surface area contributed by atoms with Crippen molar-refractivity contribution < 1.29 is 14.6 Å². The van der Waals surface area contributed by atoms with Crippen molar-refractivity contribution in [1.29, 1.82) is 0 Å². The van der Waals surface area contributed by atoms with Gasteiger partial charge in [-0.2, -0.15) is 0 Å². The number of phenolic OH excluding ortho intramolecular Hbond substituents is 1. The van der Waals surface area contributed by atoms with Crippen molar-refractivity contribution in [1.82, 2.24) is 9.55 Å². The van der Waals surface area contributed by atoms with Crippen LogP contribution in [0, 0.1) is 6.92 Å². The van der Waals surface area contributed by atoms with E-state index in [-0.39, 0.29) is 11.3 Å². The molecule has 2 aromatic heterocycles. The maximum absolute atomic E-state index is 13.2. The summed E-state index contributed by atoms with van der Waals surface area (Å²) in [4.78, 5) is 18.0. The Balaban J connectivity index is 1.77. The Morgan fingerprint density at radius 2 is 2.04 bits per heavy atom. The lowest BCUT2D eigenvalue weighted by Crippen LogP contribution is -2.32. The van der Waals surface area contributed by atoms with E-state index in [2.05, 4.69) is 15.9 Å². The van der Waals surface area contributed by atoms with Crippen molar-refractivity contribution in [2.45, 2.75) is 32.6 Å². The first kappa shape index (κ1) is 17.8. The zero-order valence-electron chi connectivity index (χ0n) is 15.6. The number of ether oxygens (including phenoxy) is 2. The average molecular weight is 443 g/mol. The van der Waals surface area contributed by atoms with Gasteiger partial charge < -0.3 is 19.1 Å². The van der Waals surface area contributed by atoms with Gasteiger partial charge in [-0.3, -0.25) is 4.79 Å². The molecule has 0 bridgehead atoms. The van der Waals surface area contributed by atoms with Crippen LogP contribution in [0.3, 0.4) is 0 Å². The molecule has 1 fully saturated rings. The molecular weight excluding hydrogens is 424 g/mol. The zero-order valence-corrected chi connectivity index (χ0v) is 17.2. The smallest absolute Gasteiger partial charge is 0.254 e. The number of benzene rings is 1. The van der Waals surface area contributed by atoms with Gasteiger partial charge in [0.05, 0.1) is 41.1 Å². The molecule has 4 heterocycles. The molecule has 6 nitrogen and oxygen atoms in total. The predicted octanol–water partition coefficient (Wildman–Crippen LogP) is 3.81. The summed E-state index contributed by atoms with van der Waals surface area (Å²) in [7, 11) is 0. The van der Waals surface area contributed by atoms with Crippen LogP contribution < -0.4 is 5.56 Å². The normalized spacial score (nSPS) is 17.1. The molecule has 2 aliphatic heterocycles. The van der Waals surface area contributed by atoms with Gasteiger partial charge in [0.2, 0.25) is 0 Å². The Kier molecular flexibility index (Phi) is 3.91. The summed E-state index contributed by atoms with van der Waals surface area (Å²) in [6.07, 6.45) is 0.626. The lowest BCUT2D eigenvalue weighted by Gasteiger charge is -2.28. The fourth-order valence-corrected chi connectivity index (χ4v) is 4.71. The Bertz CT molecular complexity index is 1200. The highest BCUT2D eigenvalue weighted by Crippen LogP contribution is 2.41. The van der Waals surface area contributed by atoms with Crippen LogP contribution in [0.15, 0.2) is 33.5 Å². The van der Waals surface area contributed by atoms with E-state index in [0.29, 0.717) is 36.2 Å². The minimum Gasteiger partial charge on any atom is -0.507 e. The maximum atomic E-state index is 13.2. The summed E-state index contributed by atoms with van der Waals surface area (Å²) < 4.78 is 14.2. The lowest BCUT2D eigenvalue weighted by atomic mass is 9.97. The second kappa shape index (κ2) is 6.14. The first-order valence-corrected chi connectivity index (χ1v) is 10.1. The molecule has 144 valence electrons. The van der Waals surface area contributed by atoms with Crippen LogP contribution in [0.4, 0.5) is 0 Å². The number of hydrogen-bond donors (Lipinski definition) is 1. The quantitative estimate of drug-likeness (QED) is 0.510. The van der Waals surface area contributed by atoms with Crippen LogP contribution in [0.25, 0.3) is 22.3 Å². The molecule has 0 unspecified atom stereocenters. The molecule has 0 atom stereocenters. The summed E-state index contributed by atoms with van der Waals surface area (Å²) in [6.45, 7) is 5.32. The van der Waals surface area contributed by atoms with Gasteiger partial charge in [0.15, 0.2) is 5.79 Å². The van der Waals surface area contributed by atoms with Crippen molar-refractivity contribution in [3.63, 3.8) is 0 Å². The molecule has 0 saturated carbocycles. The number of aromatic nitrogens is 2. The number of phenols is 1. The molecule has 0 radical (unpaired) electrons. The number of halogens is 1. The third-order valence-corrected chi connectivity index (χ3v) is 6.57. The molecule has 0 amide bonds. The van der Waals surface area contributed by atoms with Crippen LogP contribution in [0.5, 0.6) is 5.75 Å². The summed E-state index contributed by atoms with van der Waals surface area (Å²) in [5, 5.41) is 10.8. The van der Waals surface area contributed by atoms with Crippen molar-refractivity contribution in [3.8, 4) is 17.1 Å². The predicted molar refractivity (Wildman–Crippen MR) is 109 cm³/mol. The van der Waals surface area contributed by atoms with Crippen molar-refractivity contribution in [2.75, 3.05) is 13.2 Å². The van der Waals surface area contributed by atoms with E-state index in [4.69, 9.17) is 14.5 Å². The van der Waals surface area contributed by atoms with Gasteiger partial charge in [0, 0.05) is 28.5 Å². The second-order valence-corrected chi connectivity index (χ2v) is 8.02. The second-order valence-electron chi connectivity index (χ2n) is 7.22. The van der Waals surface area contributed by atoms with Crippen molar-refractivity contribution in [2.24, 2.45) is 0 Å². The van der Waals surface area contributed by atoms with Gasteiger partial charge in [-0.15, -0.1) is 0 Å². The summed E-state index contributed by atoms with van der Waals surface area (Å²) in [6, 6.07) is 7.37. The minimum absolute atomic E-state index is 0.0524. The van der Waals surface area contributed by atoms with E-state index in [9.17, 15) is 9.90 Å². The van der Waals surface area contributed by atoms with E-state index in [1.54, 1.807) is 16.7 Å². The highest BCUT2D eigenvalue weighted by molar-refractivity contribution is 9.10. The Morgan fingerprint density at radius 3 is 2.75 bits per heavy atom. The number of aromatic hydroxyl groups is 1. The third-order valence-electron chi connectivity index (χ3n) is 5.73. The van der Waals surface area contributed by atoms with Crippen LogP contribution in [0.1, 0.15) is 30.0 Å². The lowest BCUT2D eigenvalue weighted by molar-refractivity contribution is -0.168. The average Bonchev–Trinajstić information content (AvgIpc) is 3.32. The van der Waals surface area contributed by atoms with Crippen LogP contribution in [-0.4, -0.2) is 27.9 Å². The van der Waals surface area contributed by atoms with Gasteiger partial charge in [-0.25, -0.2) is 4.98 Å². The molecule has 7 heteroatoms. The van der Waals surface area contributed by atoms with Crippen LogP contribution >= 0.6 is 15.9 Å². The summed E-state index contributed by atoms with van der Waals surface area (Å²) in [5.41, 5.74) is 4.64. The topological polar surface area (TPSA) is 73.6 Å². The van der Waals surface area contributed by atoms with E-state index in [1.165, 1.54) is 0 Å². The first-order valence-electron chi connectivity index (χ1n) is 9.29. The standard InChI is InChI=1S/C21H19BrN2O4/c1-3-21(27-6-7-28-21)14-9-16-19-12(10-24(16)20(26)11(14)2)8-13-15(23-19)4-5-17(25)18(13)22/h4-5,8-9,25H,3,6-7,10H2,1-2H3. The van der Waals surface area contributed by atoms with Gasteiger partial charge in [0.1, 0.15) is 5.75 Å². The molecule has 0 spiro atoms. The number of hydrogen-bond acceptors (Lipinski definition) is 5. The molecule has 2 aliphatic rings. The fourth-order valence-electron chi connectivity index (χ4n) is 4.26. The fraction of sp³-hybridized carbons (Fsp3) is 0.333. The summed E-state index contributed by atoms with van der Waals surface area (Å²) in [5.74, 6) is -0.701. The maximum Gasteiger partial charge on any atom is 0.254 e. The van der Waals surface area contributed by atoms with E-state index >= 15 is 0 Å². The highest BCUT2D eigenvalue weighted by atomic mass is 79.9. The molecule has 5 rings (SSSR count). The monoisotopic (exact) mass is 442 g/mol. The van der Waals surface area contributed by atoms with Gasteiger partial charge >= 0.3 is 0 Å². The van der Waals surface area contributed by atoms with E-state index < -0.39 is 5.79 Å². The van der Waals surface area contributed by atoms with Gasteiger partial charge in [0.25, 0.3) is 5.56 Å². The highest BCUT2D eigenvalue weighted by Gasteiger charge is 2.40. The van der Waals surface area contributed by atoms with Gasteiger partial charge in [-0.1, -0.05) is 6.92 Å². The van der Waals surface area contributed by atoms with Crippen molar-refractivity contribution in [3.05, 3.63) is 55.8 Å².